The molecule has 0 aliphatic carbocycles. The molecule has 27 heteroatoms. The van der Waals surface area contributed by atoms with Gasteiger partial charge in [0.2, 0.25) is 5.95 Å². The normalized spacial score (nSPS) is 14.3. The third kappa shape index (κ3) is 15.6. The molecule has 0 atom stereocenters. The van der Waals surface area contributed by atoms with E-state index < -0.39 is 47.8 Å². The standard InChI is InChI=1S/C31H34ClN9O.2C4F6O2/c1-40(19-21-8-11-41(12-9-21)31(42)38-26-3-2-10-33-16-26)20-24-6-7-25-14-23(24)5-4-22-13-27(17-34-15-22)37-30-35-18-28(32)29(36-25)39-30;2*5-3(6,7)1(11)2(12)4(8,9)10/h2-3,6-7,10,13-18,21H,4-5,8-9,11-12,19-20H2,1H3,(H,38,42)(H2,35,36,37,39);;. The van der Waals surface area contributed by atoms with Gasteiger partial charge in [-0.05, 0) is 85.7 Å². The van der Waals surface area contributed by atoms with Gasteiger partial charge in [-0.2, -0.15) is 57.7 Å². The van der Waals surface area contributed by atoms with Crippen LogP contribution in [-0.4, -0.2) is 110 Å². The smallest absolute Gasteiger partial charge is 0.339 e. The Bertz CT molecular complexity index is 2280. The monoisotopic (exact) mass is 971 g/mol. The van der Waals surface area contributed by atoms with E-state index in [1.54, 1.807) is 24.8 Å². The SMILES string of the molecule is CN(Cc1ccc2cc1CCc1cncc(c1)Nc1ncc(Cl)c(n1)N2)CC1CCN(C(=O)Nc2cccnc2)CC1.O=C(C(=O)C(F)(F)F)C(F)(F)F.O=C(C(=O)C(F)(F)F)C(F)(F)F. The van der Waals surface area contributed by atoms with Gasteiger partial charge in [0.15, 0.2) is 5.82 Å². The number of alkyl halides is 12. The van der Waals surface area contributed by atoms with Gasteiger partial charge in [-0.15, -0.1) is 0 Å². The number of rotatable bonds is 7. The summed E-state index contributed by atoms with van der Waals surface area (Å²) in [7, 11) is 2.18. The van der Waals surface area contributed by atoms with Gasteiger partial charge in [-0.3, -0.25) is 29.1 Å². The van der Waals surface area contributed by atoms with Crippen LogP contribution in [0.25, 0.3) is 0 Å². The molecule has 1 aromatic carbocycles. The average molecular weight is 972 g/mol. The maximum absolute atomic E-state index is 12.7. The molecule has 2 aliphatic rings. The van der Waals surface area contributed by atoms with Crippen molar-refractivity contribution in [3.8, 4) is 0 Å². The van der Waals surface area contributed by atoms with Crippen molar-refractivity contribution >= 4 is 69.6 Å². The van der Waals surface area contributed by atoms with E-state index in [0.717, 1.165) is 74.5 Å². The zero-order chi connectivity index (χ0) is 49.2. The number of carbonyl (C=O) groups is 5. The topological polar surface area (TPSA) is 179 Å². The Kier molecular flexibility index (Phi) is 17.2. The second-order valence-corrected chi connectivity index (χ2v) is 14.7. The van der Waals surface area contributed by atoms with E-state index in [2.05, 4.69) is 72.1 Å². The van der Waals surface area contributed by atoms with Crippen molar-refractivity contribution in [2.24, 2.45) is 5.92 Å². The largest absolute Gasteiger partial charge is 0.458 e. The van der Waals surface area contributed by atoms with Crippen molar-refractivity contribution in [2.45, 2.75) is 56.9 Å². The summed E-state index contributed by atoms with van der Waals surface area (Å²) in [5.74, 6) is -12.1. The quantitative estimate of drug-likeness (QED) is 0.119. The van der Waals surface area contributed by atoms with Crippen LogP contribution in [0, 0.1) is 5.92 Å². The summed E-state index contributed by atoms with van der Waals surface area (Å²) in [5.41, 5.74) is 6.21. The van der Waals surface area contributed by atoms with Crippen molar-refractivity contribution in [1.29, 1.82) is 0 Å². The van der Waals surface area contributed by atoms with E-state index >= 15 is 0 Å². The minimum absolute atomic E-state index is 0.0560. The number of aromatic nitrogens is 4. The molecule has 14 nitrogen and oxygen atoms in total. The molecular weight excluding hydrogens is 938 g/mol. The summed E-state index contributed by atoms with van der Waals surface area (Å²) in [4.78, 5) is 72.8. The minimum Gasteiger partial charge on any atom is -0.339 e. The molecule has 2 aliphatic heterocycles. The molecule has 4 aromatic rings. The Morgan fingerprint density at radius 3 is 1.88 bits per heavy atom. The van der Waals surface area contributed by atoms with E-state index in [4.69, 9.17) is 11.6 Å². The van der Waals surface area contributed by atoms with Crippen molar-refractivity contribution in [3.05, 3.63) is 89.1 Å². The number of urea groups is 1. The van der Waals surface area contributed by atoms with Crippen LogP contribution in [0.4, 0.5) is 86.3 Å². The fraction of sp³-hybridized carbons (Fsp3) is 0.359. The number of carbonyl (C=O) groups excluding carboxylic acids is 5. The molecule has 3 N–H and O–H groups in total. The average Bonchev–Trinajstić information content (AvgIpc) is 3.23. The molecule has 0 spiro atoms. The predicted molar refractivity (Wildman–Crippen MR) is 210 cm³/mol. The summed E-state index contributed by atoms with van der Waals surface area (Å²) in [6.07, 6.45) is -10.7. The highest BCUT2D eigenvalue weighted by molar-refractivity contribution is 6.41. The molecule has 0 unspecified atom stereocenters. The fourth-order valence-electron chi connectivity index (χ4n) is 6.11. The number of likely N-dealkylation sites (tertiary alicyclic amines) is 1. The minimum atomic E-state index is -5.77. The van der Waals surface area contributed by atoms with Gasteiger partial charge >= 0.3 is 53.9 Å². The Morgan fingerprint density at radius 2 is 1.33 bits per heavy atom. The molecule has 5 heterocycles. The van der Waals surface area contributed by atoms with Gasteiger partial charge in [-0.1, -0.05) is 17.7 Å². The van der Waals surface area contributed by atoms with Crippen molar-refractivity contribution in [3.63, 3.8) is 0 Å². The molecule has 3 aromatic heterocycles. The van der Waals surface area contributed by atoms with E-state index in [0.29, 0.717) is 22.7 Å². The number of fused-ring (bicyclic) bond motifs is 6. The number of benzene rings is 1. The molecule has 0 saturated carbocycles. The molecule has 356 valence electrons. The molecule has 6 bridgehead atoms. The van der Waals surface area contributed by atoms with Crippen molar-refractivity contribution in [1.82, 2.24) is 29.7 Å². The lowest BCUT2D eigenvalue weighted by Crippen LogP contribution is -2.43. The van der Waals surface area contributed by atoms with Crippen LogP contribution in [0.2, 0.25) is 5.02 Å². The number of pyridine rings is 2. The number of halogens is 13. The predicted octanol–water partition coefficient (Wildman–Crippen LogP) is 8.38. The van der Waals surface area contributed by atoms with Crippen LogP contribution in [0.15, 0.2) is 67.4 Å². The Labute approximate surface area is 370 Å². The summed E-state index contributed by atoms with van der Waals surface area (Å²) in [6.45, 7) is 3.33. The fourth-order valence-corrected chi connectivity index (χ4v) is 6.25. The summed E-state index contributed by atoms with van der Waals surface area (Å²) in [5, 5.41) is 10.0. The van der Waals surface area contributed by atoms with Gasteiger partial charge in [0.1, 0.15) is 5.02 Å². The third-order valence-electron chi connectivity index (χ3n) is 9.21. The van der Waals surface area contributed by atoms with Crippen molar-refractivity contribution < 1.29 is 76.7 Å². The lowest BCUT2D eigenvalue weighted by molar-refractivity contribution is -0.193. The van der Waals surface area contributed by atoms with Gasteiger partial charge in [-0.25, -0.2) is 9.78 Å². The Morgan fingerprint density at radius 1 is 0.742 bits per heavy atom. The van der Waals surface area contributed by atoms with Gasteiger partial charge in [0.05, 0.1) is 30.0 Å². The molecule has 66 heavy (non-hydrogen) atoms. The maximum atomic E-state index is 12.7. The number of piperidine rings is 1. The summed E-state index contributed by atoms with van der Waals surface area (Å²) in [6, 6.07) is 12.2. The van der Waals surface area contributed by atoms with Crippen LogP contribution in [0.3, 0.4) is 0 Å². The number of aryl methyl sites for hydroxylation is 2. The first kappa shape index (κ1) is 52.2. The Balaban J connectivity index is 0.000000326. The second-order valence-electron chi connectivity index (χ2n) is 14.3. The summed E-state index contributed by atoms with van der Waals surface area (Å²) >= 11 is 6.43. The number of hydrogen-bond acceptors (Lipinski definition) is 12. The number of anilines is 5. The molecule has 0 radical (unpaired) electrons. The van der Waals surface area contributed by atoms with Crippen LogP contribution < -0.4 is 16.0 Å². The second kappa shape index (κ2) is 21.7. The molecule has 6 rings (SSSR count). The highest BCUT2D eigenvalue weighted by Gasteiger charge is 2.55. The van der Waals surface area contributed by atoms with Crippen LogP contribution in [0.1, 0.15) is 29.5 Å². The molecule has 1 fully saturated rings. The highest BCUT2D eigenvalue weighted by Crippen LogP contribution is 2.30. The highest BCUT2D eigenvalue weighted by atomic mass is 35.5. The molecule has 1 saturated heterocycles. The zero-order valence-corrected chi connectivity index (χ0v) is 34.5. The lowest BCUT2D eigenvalue weighted by Gasteiger charge is -2.34. The van der Waals surface area contributed by atoms with E-state index in [1.807, 2.05) is 23.2 Å². The summed E-state index contributed by atoms with van der Waals surface area (Å²) < 4.78 is 134. The number of nitrogens with one attached hydrogen (secondary N) is 3. The first-order valence-electron chi connectivity index (χ1n) is 18.8. The van der Waals surface area contributed by atoms with Crippen molar-refractivity contribution in [2.75, 3.05) is 42.6 Å². The first-order chi connectivity index (χ1) is 30.6. The van der Waals surface area contributed by atoms with E-state index in [-0.39, 0.29) is 6.03 Å². The van der Waals surface area contributed by atoms with Gasteiger partial charge in [0, 0.05) is 44.3 Å². The van der Waals surface area contributed by atoms with Gasteiger partial charge in [0.25, 0.3) is 0 Å². The van der Waals surface area contributed by atoms with E-state index in [1.165, 1.54) is 11.1 Å². The Hall–Kier alpha value is -6.44. The van der Waals surface area contributed by atoms with E-state index in [9.17, 15) is 76.7 Å². The number of nitrogens with zero attached hydrogens (tertiary/aromatic N) is 6. The lowest BCUT2D eigenvalue weighted by atomic mass is 9.95. The van der Waals surface area contributed by atoms with Gasteiger partial charge < -0.3 is 25.8 Å². The number of hydrogen-bond donors (Lipinski definition) is 3. The maximum Gasteiger partial charge on any atom is 0.458 e. The van der Waals surface area contributed by atoms with Crippen LogP contribution >= 0.6 is 11.6 Å². The number of Topliss-reactive ketones (excluding diaryl/α,β-unsaturated/α-hetero) is 4. The van der Waals surface area contributed by atoms with Crippen LogP contribution in [-0.2, 0) is 38.6 Å². The molecular formula is C39H34ClF12N9O5. The first-order valence-corrected chi connectivity index (χ1v) is 19.2. The molecule has 2 amide bonds. The third-order valence-corrected chi connectivity index (χ3v) is 9.49. The zero-order valence-electron chi connectivity index (χ0n) is 33.7. The number of amides is 2. The number of ketones is 4. The van der Waals surface area contributed by atoms with Crippen LogP contribution in [0.5, 0.6) is 0 Å².